The van der Waals surface area contributed by atoms with Crippen LogP contribution in [-0.2, 0) is 17.8 Å². The van der Waals surface area contributed by atoms with Gasteiger partial charge in [-0.05, 0) is 36.2 Å². The zero-order valence-electron chi connectivity index (χ0n) is 18.6. The van der Waals surface area contributed by atoms with E-state index in [4.69, 9.17) is 23.2 Å². The Hall–Kier alpha value is -3.43. The number of carbonyl (C=O) groups excluding carboxylic acids is 2. The Labute approximate surface area is 205 Å². The van der Waals surface area contributed by atoms with Crippen LogP contribution in [0.25, 0.3) is 5.69 Å². The molecule has 1 aromatic heterocycles. The molecule has 0 saturated carbocycles. The van der Waals surface area contributed by atoms with E-state index in [9.17, 15) is 19.2 Å². The highest BCUT2D eigenvalue weighted by Gasteiger charge is 2.15. The lowest BCUT2D eigenvalue weighted by Crippen LogP contribution is -2.41. The van der Waals surface area contributed by atoms with Crippen LogP contribution in [0, 0.1) is 0 Å². The largest absolute Gasteiger partial charge is 0.352 e. The molecule has 3 rings (SSSR count). The number of halogens is 2. The van der Waals surface area contributed by atoms with Gasteiger partial charge >= 0.3 is 5.69 Å². The molecular formula is C23H23Cl2N5O4. The highest BCUT2D eigenvalue weighted by molar-refractivity contribution is 6.34. The lowest BCUT2D eigenvalue weighted by molar-refractivity contribution is -0.128. The van der Waals surface area contributed by atoms with Gasteiger partial charge in [0.2, 0.25) is 5.91 Å². The SMILES string of the molecule is CN(C)C(=O)CCn1c(=O)cnn(-c2ccc(Cl)c(C(=O)NCCc3ccccc3Cl)c2)c1=O. The molecule has 2 aromatic carbocycles. The van der Waals surface area contributed by atoms with Crippen molar-refractivity contribution in [2.45, 2.75) is 19.4 Å². The zero-order chi connectivity index (χ0) is 24.8. The number of hydrogen-bond donors (Lipinski definition) is 1. The minimum atomic E-state index is -0.730. The van der Waals surface area contributed by atoms with Crippen molar-refractivity contribution in [3.63, 3.8) is 0 Å². The van der Waals surface area contributed by atoms with Crippen LogP contribution in [-0.4, -0.2) is 51.7 Å². The number of hydrogen-bond acceptors (Lipinski definition) is 5. The number of carbonyl (C=O) groups is 2. The molecule has 0 saturated heterocycles. The Morgan fingerprint density at radius 3 is 2.50 bits per heavy atom. The molecule has 3 aromatic rings. The normalized spacial score (nSPS) is 10.7. The fraction of sp³-hybridized carbons (Fsp3) is 0.261. The zero-order valence-corrected chi connectivity index (χ0v) is 20.1. The van der Waals surface area contributed by atoms with Crippen molar-refractivity contribution in [2.24, 2.45) is 0 Å². The van der Waals surface area contributed by atoms with Crippen molar-refractivity contribution in [1.29, 1.82) is 0 Å². The smallest absolute Gasteiger partial charge is 0.352 e. The average molecular weight is 504 g/mol. The van der Waals surface area contributed by atoms with Crippen LogP contribution in [0.15, 0.2) is 58.3 Å². The monoisotopic (exact) mass is 503 g/mol. The third kappa shape index (κ3) is 5.92. The lowest BCUT2D eigenvalue weighted by atomic mass is 10.1. The van der Waals surface area contributed by atoms with Crippen LogP contribution in [0.3, 0.4) is 0 Å². The number of benzene rings is 2. The Balaban J connectivity index is 1.81. The molecule has 0 aliphatic rings. The number of rotatable bonds is 8. The third-order valence-electron chi connectivity index (χ3n) is 5.09. The maximum atomic E-state index is 12.9. The minimum Gasteiger partial charge on any atom is -0.352 e. The standard InChI is InChI=1S/C23H23Cl2N5O4/c1-28(2)20(31)10-12-29-21(32)14-27-30(23(29)34)16-7-8-19(25)17(13-16)22(33)26-11-9-15-5-3-4-6-18(15)24/h3-8,13-14H,9-12H2,1-2H3,(H,26,33). The predicted octanol–water partition coefficient (Wildman–Crippen LogP) is 2.15. The van der Waals surface area contributed by atoms with Gasteiger partial charge in [-0.25, -0.2) is 4.79 Å². The first kappa shape index (κ1) is 25.2. The first-order valence-corrected chi connectivity index (χ1v) is 11.2. The van der Waals surface area contributed by atoms with Crippen molar-refractivity contribution in [2.75, 3.05) is 20.6 Å². The summed E-state index contributed by atoms with van der Waals surface area (Å²) >= 11 is 12.4. The summed E-state index contributed by atoms with van der Waals surface area (Å²) in [4.78, 5) is 51.0. The quantitative estimate of drug-likeness (QED) is 0.506. The number of nitrogens with one attached hydrogen (secondary N) is 1. The van der Waals surface area contributed by atoms with E-state index in [1.165, 1.54) is 23.1 Å². The van der Waals surface area contributed by atoms with Gasteiger partial charge in [-0.3, -0.25) is 19.0 Å². The number of aromatic nitrogens is 3. The van der Waals surface area contributed by atoms with Gasteiger partial charge in [0.15, 0.2) is 0 Å². The molecule has 0 atom stereocenters. The summed E-state index contributed by atoms with van der Waals surface area (Å²) in [6, 6.07) is 11.7. The van der Waals surface area contributed by atoms with Crippen molar-refractivity contribution in [1.82, 2.24) is 24.6 Å². The van der Waals surface area contributed by atoms with E-state index >= 15 is 0 Å². The van der Waals surface area contributed by atoms with E-state index in [0.29, 0.717) is 18.0 Å². The molecule has 0 unspecified atom stereocenters. The van der Waals surface area contributed by atoms with E-state index in [1.54, 1.807) is 20.2 Å². The Morgan fingerprint density at radius 2 is 1.79 bits per heavy atom. The molecule has 0 aliphatic heterocycles. The molecule has 0 radical (unpaired) electrons. The second-order valence-corrected chi connectivity index (χ2v) is 8.44. The van der Waals surface area contributed by atoms with Crippen LogP contribution in [0.2, 0.25) is 10.0 Å². The fourth-order valence-electron chi connectivity index (χ4n) is 3.17. The molecule has 0 aliphatic carbocycles. The summed E-state index contributed by atoms with van der Waals surface area (Å²) in [6.45, 7) is 0.228. The third-order valence-corrected chi connectivity index (χ3v) is 5.79. The van der Waals surface area contributed by atoms with E-state index in [0.717, 1.165) is 21.0 Å². The first-order chi connectivity index (χ1) is 16.2. The summed E-state index contributed by atoms with van der Waals surface area (Å²) < 4.78 is 1.91. The van der Waals surface area contributed by atoms with Gasteiger partial charge in [-0.2, -0.15) is 9.78 Å². The average Bonchev–Trinajstić information content (AvgIpc) is 2.80. The summed E-state index contributed by atoms with van der Waals surface area (Å²) in [5, 5.41) is 7.49. The molecule has 0 bridgehead atoms. The van der Waals surface area contributed by atoms with Gasteiger partial charge in [0, 0.05) is 38.6 Å². The molecule has 178 valence electrons. The fourth-order valence-corrected chi connectivity index (χ4v) is 3.61. The second kappa shape index (κ2) is 11.1. The van der Waals surface area contributed by atoms with Gasteiger partial charge in [-0.1, -0.05) is 41.4 Å². The van der Waals surface area contributed by atoms with Crippen LogP contribution in [0.1, 0.15) is 22.3 Å². The summed E-state index contributed by atoms with van der Waals surface area (Å²) in [5.74, 6) is -0.659. The van der Waals surface area contributed by atoms with E-state index in [1.807, 2.05) is 18.2 Å². The highest BCUT2D eigenvalue weighted by Crippen LogP contribution is 2.19. The van der Waals surface area contributed by atoms with Crippen LogP contribution >= 0.6 is 23.2 Å². The Bertz CT molecular complexity index is 1330. The first-order valence-electron chi connectivity index (χ1n) is 10.4. The van der Waals surface area contributed by atoms with E-state index in [-0.39, 0.29) is 35.1 Å². The summed E-state index contributed by atoms with van der Waals surface area (Å²) in [7, 11) is 3.18. The van der Waals surface area contributed by atoms with Gasteiger partial charge in [0.1, 0.15) is 6.20 Å². The molecule has 0 spiro atoms. The molecule has 9 nitrogen and oxygen atoms in total. The molecule has 34 heavy (non-hydrogen) atoms. The summed E-state index contributed by atoms with van der Waals surface area (Å²) in [6.07, 6.45) is 1.49. The maximum absolute atomic E-state index is 12.9. The van der Waals surface area contributed by atoms with Crippen molar-refractivity contribution in [3.8, 4) is 5.69 Å². The van der Waals surface area contributed by atoms with Crippen LogP contribution in [0.4, 0.5) is 0 Å². The topological polar surface area (TPSA) is 106 Å². The number of nitrogens with zero attached hydrogens (tertiary/aromatic N) is 4. The lowest BCUT2D eigenvalue weighted by Gasteiger charge is -2.13. The van der Waals surface area contributed by atoms with Crippen LogP contribution < -0.4 is 16.6 Å². The van der Waals surface area contributed by atoms with Gasteiger partial charge in [0.05, 0.1) is 16.3 Å². The molecule has 11 heteroatoms. The molecule has 1 N–H and O–H groups in total. The maximum Gasteiger partial charge on any atom is 0.352 e. The van der Waals surface area contributed by atoms with Crippen molar-refractivity contribution < 1.29 is 9.59 Å². The van der Waals surface area contributed by atoms with E-state index < -0.39 is 17.2 Å². The molecule has 0 fully saturated rings. The van der Waals surface area contributed by atoms with E-state index in [2.05, 4.69) is 10.4 Å². The molecule has 1 heterocycles. The van der Waals surface area contributed by atoms with Gasteiger partial charge in [0.25, 0.3) is 11.5 Å². The van der Waals surface area contributed by atoms with Crippen molar-refractivity contribution >= 4 is 35.0 Å². The van der Waals surface area contributed by atoms with Crippen molar-refractivity contribution in [3.05, 3.63) is 90.7 Å². The molecular weight excluding hydrogens is 481 g/mol. The Kier molecular flexibility index (Phi) is 8.25. The molecule has 2 amide bonds. The van der Waals surface area contributed by atoms with Crippen LogP contribution in [0.5, 0.6) is 0 Å². The second-order valence-electron chi connectivity index (χ2n) is 7.63. The van der Waals surface area contributed by atoms with Gasteiger partial charge in [-0.15, -0.1) is 0 Å². The minimum absolute atomic E-state index is 0.0220. The summed E-state index contributed by atoms with van der Waals surface area (Å²) in [5.41, 5.74) is -0.0632. The Morgan fingerprint density at radius 1 is 1.06 bits per heavy atom. The highest BCUT2D eigenvalue weighted by atomic mass is 35.5. The predicted molar refractivity (Wildman–Crippen MR) is 130 cm³/mol. The van der Waals surface area contributed by atoms with Gasteiger partial charge < -0.3 is 10.2 Å². The number of amides is 2.